The molecule has 30 heavy (non-hydrogen) atoms. The van der Waals surface area contributed by atoms with Gasteiger partial charge in [-0.3, -0.25) is 0 Å². The van der Waals surface area contributed by atoms with Crippen LogP contribution in [0.1, 0.15) is 23.1 Å². The topological polar surface area (TPSA) is 90.1 Å². The summed E-state index contributed by atoms with van der Waals surface area (Å²) in [4.78, 5) is 20.8. The number of anilines is 1. The molecule has 0 radical (unpaired) electrons. The van der Waals surface area contributed by atoms with Crippen LogP contribution < -0.4 is 5.32 Å². The second-order valence-corrected chi connectivity index (χ2v) is 7.67. The quantitative estimate of drug-likeness (QED) is 0.360. The molecule has 152 valence electrons. The van der Waals surface area contributed by atoms with Crippen LogP contribution in [0.2, 0.25) is 5.02 Å². The van der Waals surface area contributed by atoms with E-state index in [1.54, 1.807) is 19.1 Å². The molecule has 2 aromatic carbocycles. The summed E-state index contributed by atoms with van der Waals surface area (Å²) in [7, 11) is 0. The van der Waals surface area contributed by atoms with Crippen molar-refractivity contribution in [2.24, 2.45) is 0 Å². The van der Waals surface area contributed by atoms with Gasteiger partial charge in [0.05, 0.1) is 6.61 Å². The number of nitrogens with one attached hydrogen (secondary N) is 1. The number of halogens is 2. The molecule has 0 unspecified atom stereocenters. The minimum absolute atomic E-state index is 0.0973. The van der Waals surface area contributed by atoms with Gasteiger partial charge in [0.1, 0.15) is 16.9 Å². The number of benzene rings is 2. The van der Waals surface area contributed by atoms with Gasteiger partial charge in [-0.1, -0.05) is 57.0 Å². The highest BCUT2D eigenvalue weighted by Gasteiger charge is 2.22. The summed E-state index contributed by atoms with van der Waals surface area (Å²) in [5.41, 5.74) is 2.55. The molecule has 0 spiro atoms. The number of rotatable bonds is 6. The third-order valence-corrected chi connectivity index (χ3v) is 5.01. The maximum Gasteiger partial charge on any atom is 0.376 e. The maximum absolute atomic E-state index is 12.2. The van der Waals surface area contributed by atoms with Gasteiger partial charge in [-0.15, -0.1) is 0 Å². The highest BCUT2D eigenvalue weighted by atomic mass is 79.9. The van der Waals surface area contributed by atoms with Crippen molar-refractivity contribution in [2.75, 3.05) is 11.9 Å². The zero-order valence-corrected chi connectivity index (χ0v) is 18.2. The summed E-state index contributed by atoms with van der Waals surface area (Å²) in [5.74, 6) is -0.302. The largest absolute Gasteiger partial charge is 0.460 e. The number of nitrogens with zero attached hydrogens (tertiary/aromatic N) is 3. The molecular weight excluding hydrogens is 472 g/mol. The lowest BCUT2D eigenvalue weighted by atomic mass is 10.1. The number of hydrogen-bond acceptors (Lipinski definition) is 7. The molecule has 0 amide bonds. The Morgan fingerprint density at radius 3 is 2.73 bits per heavy atom. The van der Waals surface area contributed by atoms with Crippen LogP contribution in [0, 0.1) is 0 Å². The van der Waals surface area contributed by atoms with E-state index in [1.165, 1.54) is 0 Å². The number of carbonyl (C=O) groups is 1. The summed E-state index contributed by atoms with van der Waals surface area (Å²) >= 11 is 9.47. The molecule has 4 rings (SSSR count). The van der Waals surface area contributed by atoms with Gasteiger partial charge < -0.3 is 14.6 Å². The van der Waals surface area contributed by atoms with Gasteiger partial charge >= 0.3 is 5.97 Å². The molecule has 0 aliphatic heterocycles. The molecule has 0 aliphatic carbocycles. The fraction of sp³-hybridized carbons (Fsp3) is 0.143. The first-order valence-corrected chi connectivity index (χ1v) is 10.3. The molecule has 0 fully saturated rings. The average molecular weight is 488 g/mol. The van der Waals surface area contributed by atoms with Crippen molar-refractivity contribution in [1.29, 1.82) is 0 Å². The van der Waals surface area contributed by atoms with Gasteiger partial charge in [0.15, 0.2) is 0 Å². The van der Waals surface area contributed by atoms with E-state index in [4.69, 9.17) is 20.9 Å². The third-order valence-electron chi connectivity index (χ3n) is 4.26. The second kappa shape index (κ2) is 8.81. The fourth-order valence-corrected chi connectivity index (χ4v) is 3.48. The number of hydrogen-bond donors (Lipinski definition) is 1. The van der Waals surface area contributed by atoms with Crippen molar-refractivity contribution < 1.29 is 14.1 Å². The summed E-state index contributed by atoms with van der Waals surface area (Å²) in [6.45, 7) is 2.41. The van der Waals surface area contributed by atoms with Gasteiger partial charge in [0, 0.05) is 21.6 Å². The SMILES string of the molecule is CCOC(=O)c1nc(NCc2cccc(Br)c2)c2c(-c3ccc(Cl)cc3)noc2n1. The standard InChI is InChI=1S/C21H16BrClN4O3/c1-2-29-21(28)19-25-18(24-11-12-4-3-5-14(22)10-12)16-17(27-30-20(16)26-19)13-6-8-15(23)9-7-13/h3-10H,2,11H2,1H3,(H,24,25,26). The maximum atomic E-state index is 12.2. The van der Waals surface area contributed by atoms with Crippen LogP contribution >= 0.6 is 27.5 Å². The van der Waals surface area contributed by atoms with Crippen LogP contribution in [-0.2, 0) is 11.3 Å². The van der Waals surface area contributed by atoms with E-state index in [-0.39, 0.29) is 18.1 Å². The Morgan fingerprint density at radius 1 is 1.20 bits per heavy atom. The average Bonchev–Trinajstić information content (AvgIpc) is 3.17. The van der Waals surface area contributed by atoms with Crippen LogP contribution in [0.25, 0.3) is 22.4 Å². The molecule has 4 aromatic rings. The molecule has 2 aromatic heterocycles. The number of carbonyl (C=O) groups excluding carboxylic acids is 1. The molecule has 0 saturated heterocycles. The van der Waals surface area contributed by atoms with Crippen LogP contribution in [0.5, 0.6) is 0 Å². The Morgan fingerprint density at radius 2 is 2.00 bits per heavy atom. The first kappa shape index (κ1) is 20.3. The van der Waals surface area contributed by atoms with Crippen molar-refractivity contribution in [3.63, 3.8) is 0 Å². The molecule has 0 atom stereocenters. The van der Waals surface area contributed by atoms with Gasteiger partial charge in [-0.25, -0.2) is 9.78 Å². The summed E-state index contributed by atoms with van der Waals surface area (Å²) in [6.07, 6.45) is 0. The second-order valence-electron chi connectivity index (χ2n) is 6.32. The number of ether oxygens (including phenoxy) is 1. The van der Waals surface area contributed by atoms with Crippen molar-refractivity contribution in [3.8, 4) is 11.3 Å². The zero-order valence-electron chi connectivity index (χ0n) is 15.9. The third kappa shape index (κ3) is 4.29. The predicted molar refractivity (Wildman–Crippen MR) is 117 cm³/mol. The van der Waals surface area contributed by atoms with E-state index in [2.05, 4.69) is 36.4 Å². The summed E-state index contributed by atoms with van der Waals surface area (Å²) in [5, 5.41) is 8.60. The van der Waals surface area contributed by atoms with Gasteiger partial charge in [0.2, 0.25) is 5.82 Å². The van der Waals surface area contributed by atoms with Crippen LogP contribution in [0.4, 0.5) is 5.82 Å². The number of aromatic nitrogens is 3. The minimum Gasteiger partial charge on any atom is -0.460 e. The molecule has 0 saturated carbocycles. The van der Waals surface area contributed by atoms with Crippen LogP contribution in [-0.4, -0.2) is 27.7 Å². The molecule has 2 heterocycles. The molecule has 9 heteroatoms. The highest BCUT2D eigenvalue weighted by molar-refractivity contribution is 9.10. The van der Waals surface area contributed by atoms with Crippen molar-refractivity contribution in [1.82, 2.24) is 15.1 Å². The zero-order chi connectivity index (χ0) is 21.1. The van der Waals surface area contributed by atoms with E-state index >= 15 is 0 Å². The number of esters is 1. The Hall–Kier alpha value is -2.97. The fourth-order valence-electron chi connectivity index (χ4n) is 2.91. The van der Waals surface area contributed by atoms with E-state index in [1.807, 2.05) is 36.4 Å². The van der Waals surface area contributed by atoms with Gasteiger partial charge in [-0.05, 0) is 36.8 Å². The van der Waals surface area contributed by atoms with Crippen molar-refractivity contribution in [2.45, 2.75) is 13.5 Å². The summed E-state index contributed by atoms with van der Waals surface area (Å²) < 4.78 is 11.4. The summed E-state index contributed by atoms with van der Waals surface area (Å²) in [6, 6.07) is 15.1. The van der Waals surface area contributed by atoms with Crippen molar-refractivity contribution in [3.05, 3.63) is 69.4 Å². The lowest BCUT2D eigenvalue weighted by molar-refractivity contribution is 0.0512. The molecule has 1 N–H and O–H groups in total. The Kier molecular flexibility index (Phi) is 5.96. The van der Waals surface area contributed by atoms with Crippen LogP contribution in [0.3, 0.4) is 0 Å². The smallest absolute Gasteiger partial charge is 0.376 e. The van der Waals surface area contributed by atoms with E-state index in [9.17, 15) is 4.79 Å². The first-order chi connectivity index (χ1) is 14.5. The first-order valence-electron chi connectivity index (χ1n) is 9.14. The lowest BCUT2D eigenvalue weighted by Crippen LogP contribution is -2.12. The molecule has 7 nitrogen and oxygen atoms in total. The molecular formula is C21H16BrClN4O3. The normalized spacial score (nSPS) is 10.9. The lowest BCUT2D eigenvalue weighted by Gasteiger charge is -2.09. The van der Waals surface area contributed by atoms with Crippen molar-refractivity contribution >= 4 is 50.4 Å². The molecule has 0 aliphatic rings. The van der Waals surface area contributed by atoms with E-state index in [0.29, 0.717) is 28.5 Å². The Balaban J connectivity index is 1.79. The van der Waals surface area contributed by atoms with E-state index in [0.717, 1.165) is 15.6 Å². The van der Waals surface area contributed by atoms with Crippen LogP contribution in [0.15, 0.2) is 57.5 Å². The minimum atomic E-state index is -0.630. The predicted octanol–water partition coefficient (Wildman–Crippen LogP) is 5.49. The Bertz CT molecular complexity index is 1210. The van der Waals surface area contributed by atoms with Gasteiger partial charge in [-0.2, -0.15) is 4.98 Å². The monoisotopic (exact) mass is 486 g/mol. The van der Waals surface area contributed by atoms with Gasteiger partial charge in [0.25, 0.3) is 5.71 Å². The highest BCUT2D eigenvalue weighted by Crippen LogP contribution is 2.32. The Labute approximate surface area is 185 Å². The number of fused-ring (bicyclic) bond motifs is 1. The van der Waals surface area contributed by atoms with E-state index < -0.39 is 5.97 Å². The molecule has 0 bridgehead atoms.